The van der Waals surface area contributed by atoms with E-state index in [2.05, 4.69) is 18.7 Å². The van der Waals surface area contributed by atoms with Gasteiger partial charge in [0, 0.05) is 23.9 Å². The second kappa shape index (κ2) is 10.7. The minimum Gasteiger partial charge on any atom is -0.389 e. The molecule has 5 heteroatoms. The van der Waals surface area contributed by atoms with Gasteiger partial charge in [-0.15, -0.1) is 12.4 Å². The van der Waals surface area contributed by atoms with Crippen LogP contribution in [-0.2, 0) is 6.42 Å². The topological polar surface area (TPSA) is 23.5 Å². The monoisotopic (exact) mass is 391 g/mol. The summed E-state index contributed by atoms with van der Waals surface area (Å²) in [6.45, 7) is 7.41. The summed E-state index contributed by atoms with van der Waals surface area (Å²) in [7, 11) is 0. The summed E-state index contributed by atoms with van der Waals surface area (Å²) < 4.78 is 14.1. The maximum atomic E-state index is 14.1. The van der Waals surface area contributed by atoms with E-state index in [1.165, 1.54) is 6.07 Å². The Balaban J connectivity index is 0.00000312. The van der Waals surface area contributed by atoms with Crippen LogP contribution in [0.4, 0.5) is 4.39 Å². The van der Waals surface area contributed by atoms with E-state index in [9.17, 15) is 9.50 Å². The number of hydrogen-bond donors (Lipinski definition) is 1. The van der Waals surface area contributed by atoms with Crippen molar-refractivity contribution in [1.29, 1.82) is 0 Å². The van der Waals surface area contributed by atoms with Crippen molar-refractivity contribution in [1.82, 2.24) is 4.90 Å². The molecule has 0 heterocycles. The number of nitrogens with zero attached hydrogens (tertiary/aromatic N) is 1. The molecular weight excluding hydrogens is 360 g/mol. The van der Waals surface area contributed by atoms with Gasteiger partial charge in [0.2, 0.25) is 0 Å². The van der Waals surface area contributed by atoms with Gasteiger partial charge in [0.15, 0.2) is 0 Å². The zero-order valence-corrected chi connectivity index (χ0v) is 17.0. The molecule has 144 valence electrons. The first-order valence-electron chi connectivity index (χ1n) is 9.37. The van der Waals surface area contributed by atoms with Crippen LogP contribution < -0.4 is 0 Å². The zero-order chi connectivity index (χ0) is 17.6. The van der Waals surface area contributed by atoms with Gasteiger partial charge in [-0.2, -0.15) is 0 Å². The first kappa shape index (κ1) is 22.7. The summed E-state index contributed by atoms with van der Waals surface area (Å²) in [6, 6.07) is 4.63. The van der Waals surface area contributed by atoms with Gasteiger partial charge in [-0.25, -0.2) is 4.39 Å². The zero-order valence-electron chi connectivity index (χ0n) is 15.4. The Labute approximate surface area is 163 Å². The van der Waals surface area contributed by atoms with Crippen molar-refractivity contribution in [2.75, 3.05) is 19.6 Å². The molecule has 1 saturated carbocycles. The molecule has 0 bridgehead atoms. The molecule has 1 fully saturated rings. The predicted octanol–water partition coefficient (Wildman–Crippen LogP) is 5.49. The van der Waals surface area contributed by atoms with Crippen LogP contribution in [-0.4, -0.2) is 35.2 Å². The van der Waals surface area contributed by atoms with Crippen LogP contribution in [0.3, 0.4) is 0 Å². The van der Waals surface area contributed by atoms with Gasteiger partial charge in [-0.3, -0.25) is 0 Å². The Morgan fingerprint density at radius 3 is 2.56 bits per heavy atom. The Morgan fingerprint density at radius 1 is 1.24 bits per heavy atom. The highest BCUT2D eigenvalue weighted by Gasteiger charge is 2.40. The fourth-order valence-corrected chi connectivity index (χ4v) is 4.23. The Morgan fingerprint density at radius 2 is 1.92 bits per heavy atom. The molecule has 0 radical (unpaired) electrons. The average molecular weight is 392 g/mol. The van der Waals surface area contributed by atoms with E-state index in [0.29, 0.717) is 17.0 Å². The van der Waals surface area contributed by atoms with Crippen LogP contribution in [0.15, 0.2) is 18.2 Å². The third kappa shape index (κ3) is 6.39. The summed E-state index contributed by atoms with van der Waals surface area (Å²) >= 11 is 6.03. The normalized spacial score (nSPS) is 23.5. The maximum Gasteiger partial charge on any atom is 0.126 e. The van der Waals surface area contributed by atoms with Crippen molar-refractivity contribution >= 4 is 24.0 Å². The molecule has 2 atom stereocenters. The van der Waals surface area contributed by atoms with Gasteiger partial charge in [0.1, 0.15) is 5.82 Å². The lowest BCUT2D eigenvalue weighted by atomic mass is 9.72. The van der Waals surface area contributed by atoms with E-state index < -0.39 is 5.60 Å². The summed E-state index contributed by atoms with van der Waals surface area (Å²) in [4.78, 5) is 2.45. The smallest absolute Gasteiger partial charge is 0.126 e. The molecular formula is C20H32Cl2FNO. The van der Waals surface area contributed by atoms with Gasteiger partial charge < -0.3 is 10.0 Å². The molecule has 1 aromatic carbocycles. The third-order valence-electron chi connectivity index (χ3n) is 5.23. The highest BCUT2D eigenvalue weighted by atomic mass is 35.5. The van der Waals surface area contributed by atoms with E-state index >= 15 is 0 Å². The van der Waals surface area contributed by atoms with Crippen LogP contribution in [0.1, 0.15) is 57.9 Å². The molecule has 0 unspecified atom stereocenters. The molecule has 25 heavy (non-hydrogen) atoms. The number of aliphatic hydroxyl groups is 1. The minimum atomic E-state index is -0.830. The minimum absolute atomic E-state index is 0. The van der Waals surface area contributed by atoms with Crippen molar-refractivity contribution in [3.8, 4) is 0 Å². The van der Waals surface area contributed by atoms with Crippen LogP contribution in [0.25, 0.3) is 0 Å². The SMILES string of the molecule is CCCN(CCC)C[C@@H]1CCCC[C@]1(O)Cc1cc(Cl)ccc1F.Cl. The lowest BCUT2D eigenvalue weighted by Gasteiger charge is -2.42. The second-order valence-corrected chi connectivity index (χ2v) is 7.70. The van der Waals surface area contributed by atoms with Crippen LogP contribution in [0.2, 0.25) is 5.02 Å². The Kier molecular flexibility index (Phi) is 9.73. The molecule has 0 spiro atoms. The summed E-state index contributed by atoms with van der Waals surface area (Å²) in [6.07, 6.45) is 6.52. The van der Waals surface area contributed by atoms with E-state index in [-0.39, 0.29) is 24.1 Å². The van der Waals surface area contributed by atoms with E-state index in [0.717, 1.165) is 58.2 Å². The third-order valence-corrected chi connectivity index (χ3v) is 5.47. The van der Waals surface area contributed by atoms with Gasteiger partial charge in [0.25, 0.3) is 0 Å². The van der Waals surface area contributed by atoms with Gasteiger partial charge in [-0.05, 0) is 62.5 Å². The van der Waals surface area contributed by atoms with Crippen LogP contribution in [0.5, 0.6) is 0 Å². The molecule has 1 aliphatic rings. The molecule has 1 N–H and O–H groups in total. The van der Waals surface area contributed by atoms with Crippen molar-refractivity contribution in [2.45, 2.75) is 64.4 Å². The molecule has 0 aliphatic heterocycles. The first-order valence-corrected chi connectivity index (χ1v) is 9.75. The predicted molar refractivity (Wildman–Crippen MR) is 106 cm³/mol. The highest BCUT2D eigenvalue weighted by molar-refractivity contribution is 6.30. The first-order chi connectivity index (χ1) is 11.5. The number of halogens is 3. The Bertz CT molecular complexity index is 522. The average Bonchev–Trinajstić information content (AvgIpc) is 2.54. The molecule has 1 aliphatic carbocycles. The Hall–Kier alpha value is -0.350. The summed E-state index contributed by atoms with van der Waals surface area (Å²) in [5.41, 5.74) is -0.293. The lowest BCUT2D eigenvalue weighted by Crippen LogP contribution is -2.48. The molecule has 0 amide bonds. The van der Waals surface area contributed by atoms with Crippen molar-refractivity contribution in [2.24, 2.45) is 5.92 Å². The van der Waals surface area contributed by atoms with Crippen LogP contribution in [0, 0.1) is 11.7 Å². The van der Waals surface area contributed by atoms with Crippen molar-refractivity contribution in [3.63, 3.8) is 0 Å². The quantitative estimate of drug-likeness (QED) is 0.633. The van der Waals surface area contributed by atoms with Gasteiger partial charge in [-0.1, -0.05) is 38.3 Å². The molecule has 2 rings (SSSR count). The summed E-state index contributed by atoms with van der Waals surface area (Å²) in [5.74, 6) is -0.0705. The largest absolute Gasteiger partial charge is 0.389 e. The second-order valence-electron chi connectivity index (χ2n) is 7.26. The molecule has 1 aromatic rings. The fourth-order valence-electron chi connectivity index (χ4n) is 4.04. The molecule has 2 nitrogen and oxygen atoms in total. The van der Waals surface area contributed by atoms with Crippen molar-refractivity contribution in [3.05, 3.63) is 34.6 Å². The van der Waals surface area contributed by atoms with E-state index in [4.69, 9.17) is 11.6 Å². The lowest BCUT2D eigenvalue weighted by molar-refractivity contribution is -0.0596. The van der Waals surface area contributed by atoms with Gasteiger partial charge >= 0.3 is 0 Å². The maximum absolute atomic E-state index is 14.1. The van der Waals surface area contributed by atoms with Crippen molar-refractivity contribution < 1.29 is 9.50 Å². The molecule has 0 saturated heterocycles. The fraction of sp³-hybridized carbons (Fsp3) is 0.700. The highest BCUT2D eigenvalue weighted by Crippen LogP contribution is 2.38. The van der Waals surface area contributed by atoms with Gasteiger partial charge in [0.05, 0.1) is 5.60 Å². The van der Waals surface area contributed by atoms with E-state index in [1.54, 1.807) is 12.1 Å². The number of rotatable bonds is 8. The molecule has 0 aromatic heterocycles. The standard InChI is InChI=1S/C20H31ClFNO.ClH/c1-3-11-23(12-4-2)15-17-7-5-6-10-20(17,24)14-16-13-18(21)8-9-19(16)22;/h8-9,13,17,24H,3-7,10-12,14-15H2,1-2H3;1H/t17-,20-;/m0./s1. The number of hydrogen-bond acceptors (Lipinski definition) is 2. The van der Waals surface area contributed by atoms with Crippen LogP contribution >= 0.6 is 24.0 Å². The summed E-state index contributed by atoms with van der Waals surface area (Å²) in [5, 5.41) is 11.9. The van der Waals surface area contributed by atoms with E-state index in [1.807, 2.05) is 0 Å². The number of benzene rings is 1.